The van der Waals surface area contributed by atoms with E-state index in [2.05, 4.69) is 20.8 Å². The molecule has 228 valence electrons. The number of fused-ring (bicyclic) bond motifs is 3. The van der Waals surface area contributed by atoms with E-state index in [1.807, 2.05) is 24.3 Å². The number of anilines is 2. The van der Waals surface area contributed by atoms with Crippen LogP contribution in [0.1, 0.15) is 106 Å². The first-order valence-electron chi connectivity index (χ1n) is 14.5. The predicted molar refractivity (Wildman–Crippen MR) is 166 cm³/mol. The summed E-state index contributed by atoms with van der Waals surface area (Å²) in [6.07, 6.45) is 0.688. The monoisotopic (exact) mass is 614 g/mol. The molecular formula is C36H26N2O8. The van der Waals surface area contributed by atoms with Crippen molar-refractivity contribution >= 4 is 46.9 Å². The molecule has 10 heteroatoms. The van der Waals surface area contributed by atoms with Gasteiger partial charge in [0.1, 0.15) is 0 Å². The molecule has 2 heterocycles. The molecule has 1 atom stereocenters. The molecule has 0 aromatic heterocycles. The summed E-state index contributed by atoms with van der Waals surface area (Å²) in [7, 11) is 0. The van der Waals surface area contributed by atoms with Crippen LogP contribution in [-0.2, 0) is 10.8 Å². The summed E-state index contributed by atoms with van der Waals surface area (Å²) >= 11 is 0. The molecule has 1 unspecified atom stereocenters. The van der Waals surface area contributed by atoms with Crippen LogP contribution in [0.15, 0.2) is 78.9 Å². The minimum atomic E-state index is -1.20. The van der Waals surface area contributed by atoms with Crippen LogP contribution in [-0.4, -0.2) is 45.8 Å². The van der Waals surface area contributed by atoms with E-state index in [-0.39, 0.29) is 38.8 Å². The molecule has 4 amide bonds. The topological polar surface area (TPSA) is 149 Å². The molecular weight excluding hydrogens is 588 g/mol. The van der Waals surface area contributed by atoms with E-state index < -0.39 is 41.0 Å². The van der Waals surface area contributed by atoms with E-state index in [4.69, 9.17) is 0 Å². The van der Waals surface area contributed by atoms with Gasteiger partial charge in [-0.05, 0) is 89.2 Å². The van der Waals surface area contributed by atoms with Gasteiger partial charge in [-0.15, -0.1) is 0 Å². The number of rotatable bonds is 5. The lowest BCUT2D eigenvalue weighted by molar-refractivity contribution is 0.0686. The van der Waals surface area contributed by atoms with Crippen LogP contribution < -0.4 is 9.80 Å². The van der Waals surface area contributed by atoms with Crippen molar-refractivity contribution in [3.8, 4) is 0 Å². The van der Waals surface area contributed by atoms with Gasteiger partial charge in [0.2, 0.25) is 0 Å². The Balaban J connectivity index is 1.24. The van der Waals surface area contributed by atoms with Crippen molar-refractivity contribution in [3.63, 3.8) is 0 Å². The summed E-state index contributed by atoms with van der Waals surface area (Å²) in [5.41, 5.74) is 2.88. The zero-order valence-electron chi connectivity index (χ0n) is 25.0. The summed E-state index contributed by atoms with van der Waals surface area (Å²) in [6, 6.07) is 20.3. The lowest BCUT2D eigenvalue weighted by Gasteiger charge is -2.29. The van der Waals surface area contributed by atoms with E-state index in [1.165, 1.54) is 36.4 Å². The van der Waals surface area contributed by atoms with Gasteiger partial charge < -0.3 is 10.2 Å². The Bertz CT molecular complexity index is 2110. The summed E-state index contributed by atoms with van der Waals surface area (Å²) < 4.78 is 0. The molecule has 46 heavy (non-hydrogen) atoms. The molecule has 0 spiro atoms. The second-order valence-corrected chi connectivity index (χ2v) is 12.7. The average molecular weight is 615 g/mol. The van der Waals surface area contributed by atoms with Crippen LogP contribution in [0.25, 0.3) is 0 Å². The molecule has 2 aliphatic heterocycles. The predicted octanol–water partition coefficient (Wildman–Crippen LogP) is 5.67. The number of hydrogen-bond donors (Lipinski definition) is 2. The number of carbonyl (C=O) groups is 6. The van der Waals surface area contributed by atoms with Gasteiger partial charge in [0.15, 0.2) is 0 Å². The number of benzene rings is 4. The maximum Gasteiger partial charge on any atom is 0.335 e. The standard InChI is InChI=1S/C36H26N2O8/c1-35(2)17-36(3,20-6-8-21(9-7-20)37-29(39)23-11-4-18(33(43)44)14-25(23)31(37)41)28-16-22(10-13-27(28)35)38-30(40)24-12-5-19(34(45)46)15-26(24)32(38)42/h4-16H,17H2,1-3H3,(H,43,44)(H,45,46). The van der Waals surface area contributed by atoms with Crippen molar-refractivity contribution in [2.75, 3.05) is 9.80 Å². The minimum Gasteiger partial charge on any atom is -0.478 e. The van der Waals surface area contributed by atoms with Gasteiger partial charge in [0, 0.05) is 5.41 Å². The maximum atomic E-state index is 13.4. The van der Waals surface area contributed by atoms with E-state index in [0.717, 1.165) is 26.5 Å². The van der Waals surface area contributed by atoms with Crippen molar-refractivity contribution in [3.05, 3.63) is 129 Å². The second-order valence-electron chi connectivity index (χ2n) is 12.7. The lowest BCUT2D eigenvalue weighted by Crippen LogP contribution is -2.30. The number of carboxylic acid groups (broad SMARTS) is 2. The SMILES string of the molecule is CC1(C)CC(C)(c2ccc(N3C(=O)c4ccc(C(=O)O)cc4C3=O)cc2)c2cc(N3C(=O)c4ccc(C(=O)O)cc4C3=O)ccc21. The molecule has 2 N–H and O–H groups in total. The summed E-state index contributed by atoms with van der Waals surface area (Å²) in [4.78, 5) is 78.2. The first-order valence-corrected chi connectivity index (χ1v) is 14.5. The summed E-state index contributed by atoms with van der Waals surface area (Å²) in [5.74, 6) is -4.66. The van der Waals surface area contributed by atoms with Gasteiger partial charge in [-0.1, -0.05) is 39.0 Å². The van der Waals surface area contributed by atoms with E-state index >= 15 is 0 Å². The third kappa shape index (κ3) is 3.96. The Kier molecular flexibility index (Phi) is 5.99. The highest BCUT2D eigenvalue weighted by atomic mass is 16.4. The molecule has 0 bridgehead atoms. The number of hydrogen-bond acceptors (Lipinski definition) is 6. The Morgan fingerprint density at radius 1 is 0.565 bits per heavy atom. The fraction of sp³-hybridized carbons (Fsp3) is 0.167. The Morgan fingerprint density at radius 3 is 1.52 bits per heavy atom. The first kappa shape index (κ1) is 28.8. The molecule has 4 aromatic rings. The Labute approximate surface area is 262 Å². The highest BCUT2D eigenvalue weighted by Crippen LogP contribution is 2.54. The highest BCUT2D eigenvalue weighted by Gasteiger charge is 2.47. The average Bonchev–Trinajstić information content (AvgIpc) is 3.52. The van der Waals surface area contributed by atoms with Crippen LogP contribution in [0.4, 0.5) is 11.4 Å². The van der Waals surface area contributed by atoms with Crippen LogP contribution in [0.2, 0.25) is 0 Å². The van der Waals surface area contributed by atoms with Gasteiger partial charge in [-0.2, -0.15) is 0 Å². The van der Waals surface area contributed by atoms with Crippen molar-refractivity contribution in [1.82, 2.24) is 0 Å². The Hall–Kier alpha value is -5.90. The molecule has 0 fully saturated rings. The molecule has 10 nitrogen and oxygen atoms in total. The third-order valence-electron chi connectivity index (χ3n) is 9.41. The number of carboxylic acids is 2. The van der Waals surface area contributed by atoms with Gasteiger partial charge in [0.05, 0.1) is 44.8 Å². The minimum absolute atomic E-state index is 0.0345. The van der Waals surface area contributed by atoms with Crippen molar-refractivity contribution in [2.45, 2.75) is 38.0 Å². The third-order valence-corrected chi connectivity index (χ3v) is 9.41. The van der Waals surface area contributed by atoms with Gasteiger partial charge in [0.25, 0.3) is 23.6 Å². The molecule has 0 radical (unpaired) electrons. The second kappa shape index (κ2) is 9.55. The number of amides is 4. The first-order chi connectivity index (χ1) is 21.7. The van der Waals surface area contributed by atoms with Crippen molar-refractivity contribution < 1.29 is 39.0 Å². The van der Waals surface area contributed by atoms with E-state index in [1.54, 1.807) is 18.2 Å². The van der Waals surface area contributed by atoms with E-state index in [9.17, 15) is 39.0 Å². The summed E-state index contributed by atoms with van der Waals surface area (Å²) in [6.45, 7) is 6.30. The molecule has 3 aliphatic rings. The van der Waals surface area contributed by atoms with Gasteiger partial charge in [-0.3, -0.25) is 19.2 Å². The largest absolute Gasteiger partial charge is 0.478 e. The van der Waals surface area contributed by atoms with Gasteiger partial charge in [-0.25, -0.2) is 19.4 Å². The normalized spacial score (nSPS) is 19.4. The lowest BCUT2D eigenvalue weighted by atomic mass is 9.75. The molecule has 1 aliphatic carbocycles. The highest BCUT2D eigenvalue weighted by molar-refractivity contribution is 6.35. The molecule has 0 saturated carbocycles. The molecule has 0 saturated heterocycles. The fourth-order valence-electron chi connectivity index (χ4n) is 7.24. The van der Waals surface area contributed by atoms with Crippen LogP contribution in [0.5, 0.6) is 0 Å². The zero-order chi connectivity index (χ0) is 32.9. The zero-order valence-corrected chi connectivity index (χ0v) is 25.0. The van der Waals surface area contributed by atoms with Crippen LogP contribution in [0.3, 0.4) is 0 Å². The van der Waals surface area contributed by atoms with Gasteiger partial charge >= 0.3 is 11.9 Å². The number of aromatic carboxylic acids is 2. The molecule has 4 aromatic carbocycles. The number of carbonyl (C=O) groups excluding carboxylic acids is 4. The van der Waals surface area contributed by atoms with Crippen molar-refractivity contribution in [1.29, 1.82) is 0 Å². The Morgan fingerprint density at radius 2 is 1.02 bits per heavy atom. The van der Waals surface area contributed by atoms with Crippen LogP contribution in [0, 0.1) is 0 Å². The molecule has 7 rings (SSSR count). The van der Waals surface area contributed by atoms with Crippen molar-refractivity contribution in [2.24, 2.45) is 0 Å². The van der Waals surface area contributed by atoms with E-state index in [0.29, 0.717) is 17.8 Å². The summed E-state index contributed by atoms with van der Waals surface area (Å²) in [5, 5.41) is 18.7. The smallest absolute Gasteiger partial charge is 0.335 e. The quantitative estimate of drug-likeness (QED) is 0.273. The number of imide groups is 2. The number of nitrogens with zero attached hydrogens (tertiary/aromatic N) is 2. The fourth-order valence-corrected chi connectivity index (χ4v) is 7.24. The maximum absolute atomic E-state index is 13.4. The van der Waals surface area contributed by atoms with Crippen LogP contribution >= 0.6 is 0 Å².